The molecule has 1 aromatic heterocycles. The fourth-order valence-electron chi connectivity index (χ4n) is 3.26. The number of anilines is 1. The third-order valence-corrected chi connectivity index (χ3v) is 4.30. The first-order valence-corrected chi connectivity index (χ1v) is 8.19. The summed E-state index contributed by atoms with van der Waals surface area (Å²) in [6.45, 7) is 7.36. The van der Waals surface area contributed by atoms with Gasteiger partial charge in [-0.2, -0.15) is 10.4 Å². The van der Waals surface area contributed by atoms with Crippen LogP contribution in [-0.2, 0) is 0 Å². The molecular weight excluding hydrogens is 286 g/mol. The van der Waals surface area contributed by atoms with Crippen LogP contribution >= 0.6 is 0 Å². The molecule has 3 rings (SSSR count). The van der Waals surface area contributed by atoms with E-state index >= 15 is 0 Å². The molecule has 0 bridgehead atoms. The molecule has 0 saturated carbocycles. The molecule has 5 nitrogen and oxygen atoms in total. The van der Waals surface area contributed by atoms with Gasteiger partial charge in [-0.15, -0.1) is 0 Å². The van der Waals surface area contributed by atoms with Gasteiger partial charge in [0.1, 0.15) is 6.07 Å². The first kappa shape index (κ1) is 15.6. The molecule has 0 aliphatic carbocycles. The monoisotopic (exact) mass is 309 g/mol. The number of H-pyrrole nitrogens is 1. The van der Waals surface area contributed by atoms with Gasteiger partial charge in [0, 0.05) is 37.4 Å². The molecule has 1 atom stereocenters. The number of nitriles is 1. The summed E-state index contributed by atoms with van der Waals surface area (Å²) in [5.74, 6) is 0.673. The number of nitrogens with zero attached hydrogens (tertiary/aromatic N) is 3. The van der Waals surface area contributed by atoms with Gasteiger partial charge in [-0.1, -0.05) is 19.9 Å². The van der Waals surface area contributed by atoms with Crippen molar-refractivity contribution in [2.24, 2.45) is 5.92 Å². The highest BCUT2D eigenvalue weighted by Crippen LogP contribution is 2.28. The van der Waals surface area contributed by atoms with Gasteiger partial charge in [-0.3, -0.25) is 5.10 Å². The van der Waals surface area contributed by atoms with E-state index in [0.717, 1.165) is 48.4 Å². The first-order chi connectivity index (χ1) is 11.2. The molecule has 2 aromatic rings. The van der Waals surface area contributed by atoms with Crippen LogP contribution < -0.4 is 10.2 Å². The van der Waals surface area contributed by atoms with Crippen LogP contribution in [0.5, 0.6) is 0 Å². The Bertz CT molecular complexity index is 684. The van der Waals surface area contributed by atoms with Crippen molar-refractivity contribution in [2.45, 2.75) is 26.3 Å². The van der Waals surface area contributed by atoms with E-state index in [0.29, 0.717) is 12.0 Å². The van der Waals surface area contributed by atoms with Crippen LogP contribution in [0.2, 0.25) is 0 Å². The lowest BCUT2D eigenvalue weighted by Crippen LogP contribution is -2.51. The largest absolute Gasteiger partial charge is 0.368 e. The van der Waals surface area contributed by atoms with Crippen LogP contribution in [0.3, 0.4) is 0 Å². The number of aromatic nitrogens is 2. The second-order valence-electron chi connectivity index (χ2n) is 6.56. The molecule has 1 aliphatic rings. The third-order valence-electron chi connectivity index (χ3n) is 4.30. The molecule has 0 radical (unpaired) electrons. The Balaban J connectivity index is 1.83. The second kappa shape index (κ2) is 6.84. The average Bonchev–Trinajstić information content (AvgIpc) is 3.08. The van der Waals surface area contributed by atoms with Gasteiger partial charge in [0.2, 0.25) is 0 Å². The SMILES string of the molecule is CC(C)CC1CN(c2ccc(-c3cn[nH]c3)cc2C#N)CCN1. The van der Waals surface area contributed by atoms with Crippen LogP contribution in [0.15, 0.2) is 30.6 Å². The Hall–Kier alpha value is -2.32. The number of piperazine rings is 1. The summed E-state index contributed by atoms with van der Waals surface area (Å²) in [6.07, 6.45) is 4.78. The summed E-state index contributed by atoms with van der Waals surface area (Å²) in [7, 11) is 0. The van der Waals surface area contributed by atoms with Gasteiger partial charge in [-0.25, -0.2) is 0 Å². The standard InChI is InChI=1S/C18H23N5/c1-13(2)7-17-12-23(6-5-20-17)18-4-3-14(8-15(18)9-19)16-10-21-22-11-16/h3-4,8,10-11,13,17,20H,5-7,12H2,1-2H3,(H,21,22). The van der Waals surface area contributed by atoms with Crippen molar-refractivity contribution < 1.29 is 0 Å². The van der Waals surface area contributed by atoms with Gasteiger partial charge in [0.05, 0.1) is 17.4 Å². The summed E-state index contributed by atoms with van der Waals surface area (Å²) in [4.78, 5) is 2.33. The molecule has 0 amide bonds. The summed E-state index contributed by atoms with van der Waals surface area (Å²) in [6, 6.07) is 8.94. The van der Waals surface area contributed by atoms with Crippen molar-refractivity contribution in [3.05, 3.63) is 36.2 Å². The van der Waals surface area contributed by atoms with Gasteiger partial charge in [-0.05, 0) is 30.0 Å². The van der Waals surface area contributed by atoms with E-state index in [1.165, 1.54) is 0 Å². The molecule has 2 heterocycles. The smallest absolute Gasteiger partial charge is 0.101 e. The molecule has 120 valence electrons. The quantitative estimate of drug-likeness (QED) is 0.911. The van der Waals surface area contributed by atoms with Gasteiger partial charge < -0.3 is 10.2 Å². The van der Waals surface area contributed by atoms with Crippen LogP contribution in [0.25, 0.3) is 11.1 Å². The lowest BCUT2D eigenvalue weighted by Gasteiger charge is -2.36. The summed E-state index contributed by atoms with van der Waals surface area (Å²) in [5, 5.41) is 19.9. The minimum atomic E-state index is 0.490. The Morgan fingerprint density at radius 2 is 2.26 bits per heavy atom. The third kappa shape index (κ3) is 3.54. The van der Waals surface area contributed by atoms with Crippen molar-refractivity contribution in [1.82, 2.24) is 15.5 Å². The molecule has 2 N–H and O–H groups in total. The number of hydrogen-bond acceptors (Lipinski definition) is 4. The maximum absolute atomic E-state index is 9.57. The summed E-state index contributed by atoms with van der Waals surface area (Å²) < 4.78 is 0. The highest BCUT2D eigenvalue weighted by atomic mass is 15.2. The lowest BCUT2D eigenvalue weighted by molar-refractivity contribution is 0.388. The lowest BCUT2D eigenvalue weighted by atomic mass is 10.00. The molecule has 1 unspecified atom stereocenters. The summed E-state index contributed by atoms with van der Waals surface area (Å²) in [5.41, 5.74) is 3.79. The van der Waals surface area contributed by atoms with Crippen molar-refractivity contribution >= 4 is 5.69 Å². The molecule has 23 heavy (non-hydrogen) atoms. The molecule has 1 aromatic carbocycles. The topological polar surface area (TPSA) is 67.7 Å². The van der Waals surface area contributed by atoms with Crippen LogP contribution in [-0.4, -0.2) is 35.9 Å². The molecule has 1 fully saturated rings. The highest BCUT2D eigenvalue weighted by Gasteiger charge is 2.22. The van der Waals surface area contributed by atoms with Gasteiger partial charge >= 0.3 is 0 Å². The van der Waals surface area contributed by atoms with E-state index in [1.54, 1.807) is 6.20 Å². The second-order valence-corrected chi connectivity index (χ2v) is 6.56. The normalized spacial score (nSPS) is 18.2. The number of benzene rings is 1. The fourth-order valence-corrected chi connectivity index (χ4v) is 3.26. The Kier molecular flexibility index (Phi) is 4.63. The van der Waals surface area contributed by atoms with E-state index in [1.807, 2.05) is 12.3 Å². The highest BCUT2D eigenvalue weighted by molar-refractivity contribution is 5.71. The molecule has 5 heteroatoms. The maximum Gasteiger partial charge on any atom is 0.101 e. The van der Waals surface area contributed by atoms with E-state index < -0.39 is 0 Å². The number of nitrogens with one attached hydrogen (secondary N) is 2. The first-order valence-electron chi connectivity index (χ1n) is 8.19. The van der Waals surface area contributed by atoms with Crippen molar-refractivity contribution in [3.63, 3.8) is 0 Å². The van der Waals surface area contributed by atoms with Crippen molar-refractivity contribution in [3.8, 4) is 17.2 Å². The van der Waals surface area contributed by atoms with Crippen molar-refractivity contribution in [1.29, 1.82) is 5.26 Å². The van der Waals surface area contributed by atoms with Crippen LogP contribution in [0.1, 0.15) is 25.8 Å². The number of rotatable bonds is 4. The van der Waals surface area contributed by atoms with Crippen LogP contribution in [0.4, 0.5) is 5.69 Å². The van der Waals surface area contributed by atoms with Gasteiger partial charge in [0.25, 0.3) is 0 Å². The predicted molar refractivity (Wildman–Crippen MR) is 92.2 cm³/mol. The minimum Gasteiger partial charge on any atom is -0.368 e. The van der Waals surface area contributed by atoms with E-state index in [2.05, 4.69) is 52.5 Å². The number of hydrogen-bond donors (Lipinski definition) is 2. The predicted octanol–water partition coefficient (Wildman–Crippen LogP) is 2.77. The zero-order valence-electron chi connectivity index (χ0n) is 13.7. The Labute approximate surface area is 137 Å². The Morgan fingerprint density at radius 1 is 1.39 bits per heavy atom. The average molecular weight is 309 g/mol. The summed E-state index contributed by atoms with van der Waals surface area (Å²) >= 11 is 0. The van der Waals surface area contributed by atoms with Gasteiger partial charge in [0.15, 0.2) is 0 Å². The number of aromatic amines is 1. The molecule has 0 spiro atoms. The maximum atomic E-state index is 9.57. The molecule has 1 saturated heterocycles. The minimum absolute atomic E-state index is 0.490. The zero-order chi connectivity index (χ0) is 16.2. The molecular formula is C18H23N5. The molecule has 1 aliphatic heterocycles. The van der Waals surface area contributed by atoms with E-state index in [-0.39, 0.29) is 0 Å². The zero-order valence-corrected chi connectivity index (χ0v) is 13.7. The van der Waals surface area contributed by atoms with Crippen LogP contribution in [0, 0.1) is 17.2 Å². The van der Waals surface area contributed by atoms with E-state index in [4.69, 9.17) is 0 Å². The Morgan fingerprint density at radius 3 is 2.96 bits per heavy atom. The van der Waals surface area contributed by atoms with E-state index in [9.17, 15) is 5.26 Å². The van der Waals surface area contributed by atoms with Crippen molar-refractivity contribution in [2.75, 3.05) is 24.5 Å². The fraction of sp³-hybridized carbons (Fsp3) is 0.444.